The van der Waals surface area contributed by atoms with Crippen molar-refractivity contribution >= 4 is 11.6 Å². The number of aryl methyl sites for hydroxylation is 2. The molecule has 0 aliphatic heterocycles. The topological polar surface area (TPSA) is 29.9 Å². The average molecular weight is 306 g/mol. The molecule has 0 spiro atoms. The van der Waals surface area contributed by atoms with E-state index >= 15 is 0 Å². The molecule has 0 fully saturated rings. The van der Waals surface area contributed by atoms with Crippen molar-refractivity contribution in [3.63, 3.8) is 0 Å². The second-order valence-corrected chi connectivity index (χ2v) is 5.83. The summed E-state index contributed by atoms with van der Waals surface area (Å²) >= 11 is 6.28. The van der Waals surface area contributed by atoms with Crippen LogP contribution >= 0.6 is 11.6 Å². The van der Waals surface area contributed by atoms with Gasteiger partial charge in [-0.1, -0.05) is 30.7 Å². The minimum Gasteiger partial charge on any atom is -0.310 e. The molecule has 1 N–H and O–H groups in total. The van der Waals surface area contributed by atoms with Crippen molar-refractivity contribution in [2.75, 3.05) is 6.54 Å². The Kier molecular flexibility index (Phi) is 5.83. The second kappa shape index (κ2) is 7.62. The SMILES string of the molecule is CCCNC(Cc1cnn(CC)c1)c1ccc(C)c(Cl)c1. The van der Waals surface area contributed by atoms with Gasteiger partial charge in [-0.25, -0.2) is 0 Å². The molecule has 114 valence electrons. The zero-order valence-electron chi connectivity index (χ0n) is 13.1. The van der Waals surface area contributed by atoms with Gasteiger partial charge in [0, 0.05) is 23.8 Å². The lowest BCUT2D eigenvalue weighted by Gasteiger charge is -2.19. The van der Waals surface area contributed by atoms with Gasteiger partial charge in [-0.3, -0.25) is 4.68 Å². The average Bonchev–Trinajstić information content (AvgIpc) is 2.94. The van der Waals surface area contributed by atoms with Crippen LogP contribution in [0.3, 0.4) is 0 Å². The minimum absolute atomic E-state index is 0.276. The van der Waals surface area contributed by atoms with Crippen LogP contribution in [0.25, 0.3) is 0 Å². The van der Waals surface area contributed by atoms with E-state index in [0.717, 1.165) is 36.5 Å². The fourth-order valence-electron chi connectivity index (χ4n) is 2.37. The van der Waals surface area contributed by atoms with E-state index in [0.29, 0.717) is 0 Å². The highest BCUT2D eigenvalue weighted by atomic mass is 35.5. The third-order valence-electron chi connectivity index (χ3n) is 3.69. The van der Waals surface area contributed by atoms with Crippen LogP contribution in [0.5, 0.6) is 0 Å². The Morgan fingerprint density at radius 1 is 1.33 bits per heavy atom. The van der Waals surface area contributed by atoms with Crippen molar-refractivity contribution in [2.24, 2.45) is 0 Å². The summed E-state index contributed by atoms with van der Waals surface area (Å²) in [6, 6.07) is 6.61. The molecule has 1 aromatic carbocycles. The molecule has 1 atom stereocenters. The molecule has 1 heterocycles. The van der Waals surface area contributed by atoms with Gasteiger partial charge in [-0.15, -0.1) is 0 Å². The first-order chi connectivity index (χ1) is 10.1. The molecule has 21 heavy (non-hydrogen) atoms. The predicted octanol–water partition coefficient (Wildman–Crippen LogP) is 4.15. The number of rotatable bonds is 7. The van der Waals surface area contributed by atoms with Gasteiger partial charge >= 0.3 is 0 Å². The normalized spacial score (nSPS) is 12.6. The molecule has 0 radical (unpaired) electrons. The highest BCUT2D eigenvalue weighted by molar-refractivity contribution is 6.31. The largest absolute Gasteiger partial charge is 0.310 e. The van der Waals surface area contributed by atoms with E-state index in [-0.39, 0.29) is 6.04 Å². The Morgan fingerprint density at radius 2 is 2.14 bits per heavy atom. The summed E-state index contributed by atoms with van der Waals surface area (Å²) in [6.45, 7) is 8.22. The summed E-state index contributed by atoms with van der Waals surface area (Å²) in [7, 11) is 0. The van der Waals surface area contributed by atoms with Gasteiger partial charge in [-0.2, -0.15) is 5.10 Å². The molecule has 0 saturated carbocycles. The molecule has 2 aromatic rings. The van der Waals surface area contributed by atoms with E-state index < -0.39 is 0 Å². The highest BCUT2D eigenvalue weighted by Crippen LogP contribution is 2.24. The van der Waals surface area contributed by atoms with Crippen LogP contribution in [0.2, 0.25) is 5.02 Å². The van der Waals surface area contributed by atoms with Crippen LogP contribution in [0.1, 0.15) is 43.0 Å². The van der Waals surface area contributed by atoms with Gasteiger partial charge in [-0.05, 0) is 56.0 Å². The summed E-state index contributed by atoms with van der Waals surface area (Å²) in [5.74, 6) is 0. The van der Waals surface area contributed by atoms with E-state index in [1.54, 1.807) is 0 Å². The molecule has 0 bridgehead atoms. The van der Waals surface area contributed by atoms with Crippen molar-refractivity contribution in [2.45, 2.75) is 46.2 Å². The quantitative estimate of drug-likeness (QED) is 0.833. The second-order valence-electron chi connectivity index (χ2n) is 5.42. The Morgan fingerprint density at radius 3 is 2.76 bits per heavy atom. The number of hydrogen-bond donors (Lipinski definition) is 1. The van der Waals surface area contributed by atoms with Gasteiger partial charge in [0.1, 0.15) is 0 Å². The highest BCUT2D eigenvalue weighted by Gasteiger charge is 2.13. The van der Waals surface area contributed by atoms with Crippen LogP contribution in [-0.4, -0.2) is 16.3 Å². The molecule has 0 aliphatic rings. The van der Waals surface area contributed by atoms with Crippen LogP contribution in [0.4, 0.5) is 0 Å². The van der Waals surface area contributed by atoms with Crippen molar-refractivity contribution in [3.05, 3.63) is 52.3 Å². The number of benzene rings is 1. The maximum absolute atomic E-state index is 6.28. The molecule has 3 nitrogen and oxygen atoms in total. The maximum atomic E-state index is 6.28. The van der Waals surface area contributed by atoms with E-state index in [9.17, 15) is 0 Å². The van der Waals surface area contributed by atoms with Crippen molar-refractivity contribution < 1.29 is 0 Å². The summed E-state index contributed by atoms with van der Waals surface area (Å²) in [4.78, 5) is 0. The van der Waals surface area contributed by atoms with Crippen LogP contribution in [0, 0.1) is 6.92 Å². The van der Waals surface area contributed by atoms with Crippen LogP contribution in [0.15, 0.2) is 30.6 Å². The first kappa shape index (κ1) is 16.1. The van der Waals surface area contributed by atoms with Crippen LogP contribution < -0.4 is 5.32 Å². The maximum Gasteiger partial charge on any atom is 0.0522 e. The Labute approximate surface area is 132 Å². The molecular formula is C17H24ClN3. The Hall–Kier alpha value is -1.32. The lowest BCUT2D eigenvalue weighted by atomic mass is 9.99. The summed E-state index contributed by atoms with van der Waals surface area (Å²) in [6.07, 6.45) is 6.13. The zero-order chi connectivity index (χ0) is 15.2. The summed E-state index contributed by atoms with van der Waals surface area (Å²) < 4.78 is 1.97. The van der Waals surface area contributed by atoms with Crippen molar-refractivity contribution in [1.29, 1.82) is 0 Å². The molecule has 0 aliphatic carbocycles. The molecule has 0 saturated heterocycles. The zero-order valence-corrected chi connectivity index (χ0v) is 13.8. The monoisotopic (exact) mass is 305 g/mol. The van der Waals surface area contributed by atoms with E-state index in [1.807, 2.05) is 17.8 Å². The number of hydrogen-bond acceptors (Lipinski definition) is 2. The first-order valence-electron chi connectivity index (χ1n) is 7.64. The van der Waals surface area contributed by atoms with Gasteiger partial charge < -0.3 is 5.32 Å². The fourth-order valence-corrected chi connectivity index (χ4v) is 2.56. The van der Waals surface area contributed by atoms with Crippen LogP contribution in [-0.2, 0) is 13.0 Å². The van der Waals surface area contributed by atoms with Crippen molar-refractivity contribution in [1.82, 2.24) is 15.1 Å². The smallest absolute Gasteiger partial charge is 0.0522 e. The first-order valence-corrected chi connectivity index (χ1v) is 8.02. The van der Waals surface area contributed by atoms with Gasteiger partial charge in [0.15, 0.2) is 0 Å². The lowest BCUT2D eigenvalue weighted by Crippen LogP contribution is -2.24. The molecule has 1 unspecified atom stereocenters. The van der Waals surface area contributed by atoms with Crippen molar-refractivity contribution in [3.8, 4) is 0 Å². The molecular weight excluding hydrogens is 282 g/mol. The number of nitrogens with one attached hydrogen (secondary N) is 1. The summed E-state index contributed by atoms with van der Waals surface area (Å²) in [5.41, 5.74) is 3.61. The predicted molar refractivity (Wildman–Crippen MR) is 88.8 cm³/mol. The molecule has 0 amide bonds. The summed E-state index contributed by atoms with van der Waals surface area (Å²) in [5, 5.41) is 8.80. The third-order valence-corrected chi connectivity index (χ3v) is 4.10. The molecule has 1 aromatic heterocycles. The van der Waals surface area contributed by atoms with Gasteiger partial charge in [0.2, 0.25) is 0 Å². The number of aromatic nitrogens is 2. The standard InChI is InChI=1S/C17H24ClN3/c1-4-8-19-17(9-14-11-20-21(5-2)12-14)15-7-6-13(3)16(18)10-15/h6-7,10-12,17,19H,4-5,8-9H2,1-3H3. The van der Waals surface area contributed by atoms with E-state index in [4.69, 9.17) is 11.6 Å². The van der Waals surface area contributed by atoms with Gasteiger partial charge in [0.25, 0.3) is 0 Å². The Bertz CT molecular complexity index is 577. The minimum atomic E-state index is 0.276. The molecule has 4 heteroatoms. The fraction of sp³-hybridized carbons (Fsp3) is 0.471. The van der Waals surface area contributed by atoms with E-state index in [1.165, 1.54) is 11.1 Å². The lowest BCUT2D eigenvalue weighted by molar-refractivity contribution is 0.529. The van der Waals surface area contributed by atoms with E-state index in [2.05, 4.69) is 48.7 Å². The number of nitrogens with zero attached hydrogens (tertiary/aromatic N) is 2. The third kappa shape index (κ3) is 4.32. The number of halogens is 1. The molecule has 2 rings (SSSR count). The Balaban J connectivity index is 2.18. The van der Waals surface area contributed by atoms with Gasteiger partial charge in [0.05, 0.1) is 6.20 Å².